The first-order valence-corrected chi connectivity index (χ1v) is 10.0. The molecular formula is C20H28N8O2. The number of anilines is 1. The maximum atomic E-state index is 5.46. The van der Waals surface area contributed by atoms with E-state index in [1.165, 1.54) is 7.11 Å². The van der Waals surface area contributed by atoms with Crippen molar-refractivity contribution in [2.75, 3.05) is 72.5 Å². The van der Waals surface area contributed by atoms with Crippen molar-refractivity contribution in [3.05, 3.63) is 24.5 Å². The molecule has 0 aliphatic carbocycles. The molecule has 0 atom stereocenters. The van der Waals surface area contributed by atoms with E-state index < -0.39 is 0 Å². The van der Waals surface area contributed by atoms with Crippen molar-refractivity contribution in [2.45, 2.75) is 0 Å². The minimum absolute atomic E-state index is 0.259. The lowest BCUT2D eigenvalue weighted by Gasteiger charge is -2.36. The smallest absolute Gasteiger partial charge is 0.319 e. The molecule has 0 unspecified atom stereocenters. The SMILES string of the molecule is COc1ncc(-c2cc(N3CCN(CCN(C)C)CC3)n3nccc3n2)c(OC)n1. The summed E-state index contributed by atoms with van der Waals surface area (Å²) in [6, 6.07) is 4.19. The van der Waals surface area contributed by atoms with Gasteiger partial charge in [-0.05, 0) is 14.1 Å². The standard InChI is InChI=1S/C20H28N8O2/c1-25(2)7-8-26-9-11-27(12-10-26)18-13-16(23-17-5-6-22-28(17)18)15-14-21-20(30-4)24-19(15)29-3/h5-6,13-14H,7-12H2,1-4H3. The average molecular weight is 412 g/mol. The van der Waals surface area contributed by atoms with Gasteiger partial charge in [-0.25, -0.2) is 9.97 Å². The topological polar surface area (TPSA) is 84.2 Å². The Bertz CT molecular complexity index is 998. The van der Waals surface area contributed by atoms with E-state index in [9.17, 15) is 0 Å². The zero-order valence-electron chi connectivity index (χ0n) is 17.9. The monoisotopic (exact) mass is 412 g/mol. The molecule has 0 radical (unpaired) electrons. The number of likely N-dealkylation sites (N-methyl/N-ethyl adjacent to an activating group) is 1. The number of ether oxygens (including phenoxy) is 2. The van der Waals surface area contributed by atoms with Crippen molar-refractivity contribution >= 4 is 11.5 Å². The van der Waals surface area contributed by atoms with Crippen LogP contribution in [0, 0.1) is 0 Å². The summed E-state index contributed by atoms with van der Waals surface area (Å²) in [7, 11) is 7.33. The molecule has 3 aromatic rings. The van der Waals surface area contributed by atoms with Gasteiger partial charge in [0.15, 0.2) is 5.65 Å². The Morgan fingerprint density at radius 3 is 2.57 bits per heavy atom. The number of fused-ring (bicyclic) bond motifs is 1. The van der Waals surface area contributed by atoms with E-state index in [0.717, 1.165) is 56.4 Å². The van der Waals surface area contributed by atoms with Gasteiger partial charge in [0, 0.05) is 57.6 Å². The molecule has 4 heterocycles. The van der Waals surface area contributed by atoms with Gasteiger partial charge in [-0.2, -0.15) is 14.6 Å². The Labute approximate surface area is 176 Å². The number of hydrogen-bond acceptors (Lipinski definition) is 9. The molecule has 1 saturated heterocycles. The fourth-order valence-electron chi connectivity index (χ4n) is 3.58. The van der Waals surface area contributed by atoms with Crippen LogP contribution in [0.3, 0.4) is 0 Å². The molecule has 0 spiro atoms. The minimum Gasteiger partial charge on any atom is -0.480 e. The van der Waals surface area contributed by atoms with Gasteiger partial charge < -0.3 is 19.3 Å². The summed E-state index contributed by atoms with van der Waals surface area (Å²) in [5.41, 5.74) is 2.23. The summed E-state index contributed by atoms with van der Waals surface area (Å²) in [4.78, 5) is 20.4. The lowest BCUT2D eigenvalue weighted by Crippen LogP contribution is -2.48. The molecule has 160 valence electrons. The first kappa shape index (κ1) is 20.3. The van der Waals surface area contributed by atoms with E-state index in [2.05, 4.69) is 43.9 Å². The Morgan fingerprint density at radius 1 is 1.07 bits per heavy atom. The third kappa shape index (κ3) is 4.14. The summed E-state index contributed by atoms with van der Waals surface area (Å²) < 4.78 is 12.5. The molecule has 1 aliphatic rings. The van der Waals surface area contributed by atoms with Gasteiger partial charge in [-0.3, -0.25) is 4.90 Å². The fraction of sp³-hybridized carbons (Fsp3) is 0.500. The number of aromatic nitrogens is 5. The van der Waals surface area contributed by atoms with Gasteiger partial charge in [0.05, 0.1) is 31.7 Å². The Hall–Kier alpha value is -2.98. The second-order valence-electron chi connectivity index (χ2n) is 7.51. The molecule has 0 N–H and O–H groups in total. The molecule has 1 fully saturated rings. The van der Waals surface area contributed by atoms with Gasteiger partial charge in [-0.1, -0.05) is 0 Å². The maximum Gasteiger partial charge on any atom is 0.319 e. The number of rotatable bonds is 7. The quantitative estimate of drug-likeness (QED) is 0.562. The normalized spacial score (nSPS) is 15.2. The zero-order valence-corrected chi connectivity index (χ0v) is 17.9. The van der Waals surface area contributed by atoms with Crippen LogP contribution in [0.1, 0.15) is 0 Å². The molecule has 10 nitrogen and oxygen atoms in total. The summed E-state index contributed by atoms with van der Waals surface area (Å²) in [5, 5.41) is 4.49. The third-order valence-electron chi connectivity index (χ3n) is 5.28. The van der Waals surface area contributed by atoms with Crippen LogP contribution in [-0.2, 0) is 0 Å². The largest absolute Gasteiger partial charge is 0.480 e. The van der Waals surface area contributed by atoms with E-state index in [1.807, 2.05) is 16.6 Å². The van der Waals surface area contributed by atoms with Gasteiger partial charge in [0.1, 0.15) is 5.82 Å². The van der Waals surface area contributed by atoms with Crippen LogP contribution in [0.2, 0.25) is 0 Å². The minimum atomic E-state index is 0.259. The lowest BCUT2D eigenvalue weighted by molar-refractivity contribution is 0.229. The van der Waals surface area contributed by atoms with Crippen molar-refractivity contribution in [3.63, 3.8) is 0 Å². The van der Waals surface area contributed by atoms with Crippen LogP contribution in [0.25, 0.3) is 16.9 Å². The average Bonchev–Trinajstić information content (AvgIpc) is 3.25. The highest BCUT2D eigenvalue weighted by Gasteiger charge is 2.22. The van der Waals surface area contributed by atoms with Crippen LogP contribution in [0.4, 0.5) is 5.82 Å². The van der Waals surface area contributed by atoms with Gasteiger partial charge in [-0.15, -0.1) is 0 Å². The van der Waals surface area contributed by atoms with Crippen molar-refractivity contribution in [2.24, 2.45) is 0 Å². The number of nitrogens with zero attached hydrogens (tertiary/aromatic N) is 8. The molecule has 0 amide bonds. The molecular weight excluding hydrogens is 384 g/mol. The van der Waals surface area contributed by atoms with Crippen molar-refractivity contribution in [1.29, 1.82) is 0 Å². The second-order valence-corrected chi connectivity index (χ2v) is 7.51. The summed E-state index contributed by atoms with van der Waals surface area (Å²) in [6.07, 6.45) is 3.45. The third-order valence-corrected chi connectivity index (χ3v) is 5.28. The van der Waals surface area contributed by atoms with E-state index in [-0.39, 0.29) is 6.01 Å². The van der Waals surface area contributed by atoms with E-state index in [4.69, 9.17) is 14.5 Å². The van der Waals surface area contributed by atoms with E-state index in [0.29, 0.717) is 11.4 Å². The molecule has 4 rings (SSSR count). The lowest BCUT2D eigenvalue weighted by atomic mass is 10.2. The number of piperazine rings is 1. The van der Waals surface area contributed by atoms with Crippen LogP contribution in [0.15, 0.2) is 24.5 Å². The molecule has 0 bridgehead atoms. The number of methoxy groups -OCH3 is 2. The Morgan fingerprint density at radius 2 is 1.87 bits per heavy atom. The van der Waals surface area contributed by atoms with E-state index >= 15 is 0 Å². The zero-order chi connectivity index (χ0) is 21.1. The molecule has 0 saturated carbocycles. The first-order chi connectivity index (χ1) is 14.6. The van der Waals surface area contributed by atoms with Crippen molar-refractivity contribution in [1.82, 2.24) is 34.4 Å². The summed E-state index contributed by atoms with van der Waals surface area (Å²) >= 11 is 0. The van der Waals surface area contributed by atoms with Crippen LogP contribution in [-0.4, -0.2) is 102 Å². The summed E-state index contributed by atoms with van der Waals surface area (Å²) in [5.74, 6) is 1.43. The molecule has 1 aliphatic heterocycles. The predicted octanol–water partition coefficient (Wildman–Crippen LogP) is 0.887. The first-order valence-electron chi connectivity index (χ1n) is 10.0. The Balaban J connectivity index is 1.63. The number of hydrogen-bond donors (Lipinski definition) is 0. The fourth-order valence-corrected chi connectivity index (χ4v) is 3.58. The molecule has 10 heteroatoms. The van der Waals surface area contributed by atoms with Gasteiger partial charge in [0.2, 0.25) is 5.88 Å². The Kier molecular flexibility index (Phi) is 5.96. The van der Waals surface area contributed by atoms with E-state index in [1.54, 1.807) is 19.5 Å². The van der Waals surface area contributed by atoms with Gasteiger partial charge in [0.25, 0.3) is 0 Å². The second kappa shape index (κ2) is 8.80. The highest BCUT2D eigenvalue weighted by atomic mass is 16.5. The highest BCUT2D eigenvalue weighted by Crippen LogP contribution is 2.31. The van der Waals surface area contributed by atoms with Crippen LogP contribution in [0.5, 0.6) is 11.9 Å². The van der Waals surface area contributed by atoms with Crippen molar-refractivity contribution < 1.29 is 9.47 Å². The molecule has 30 heavy (non-hydrogen) atoms. The van der Waals surface area contributed by atoms with Crippen LogP contribution < -0.4 is 14.4 Å². The predicted molar refractivity (Wildman–Crippen MR) is 114 cm³/mol. The van der Waals surface area contributed by atoms with Crippen LogP contribution >= 0.6 is 0 Å². The molecule has 0 aromatic carbocycles. The maximum absolute atomic E-state index is 5.46. The summed E-state index contributed by atoms with van der Waals surface area (Å²) in [6.45, 7) is 6.05. The highest BCUT2D eigenvalue weighted by molar-refractivity contribution is 5.70. The van der Waals surface area contributed by atoms with Crippen molar-refractivity contribution in [3.8, 4) is 23.1 Å². The van der Waals surface area contributed by atoms with Gasteiger partial charge >= 0.3 is 6.01 Å². The molecule has 3 aromatic heterocycles.